The van der Waals surface area contributed by atoms with Gasteiger partial charge in [-0.3, -0.25) is 9.59 Å². The van der Waals surface area contributed by atoms with Crippen LogP contribution in [0.15, 0.2) is 48.5 Å². The summed E-state index contributed by atoms with van der Waals surface area (Å²) in [5.74, 6) is 5.53. The standard InChI is InChI=1S/C27H28N2O5S/c1-2-3-12-24(26(32)29-13-14-35-17-18(29)15-25(30)31)28-27(33)34-16-23-21-10-6-4-8-19(21)20-9-5-7-11-22(20)23/h4-11,18,23-24H,12-17H2,1H3,(H,28,33)(H,30,31). The maximum absolute atomic E-state index is 13.3. The summed E-state index contributed by atoms with van der Waals surface area (Å²) >= 11 is 1.62. The number of ether oxygens (including phenoxy) is 1. The number of alkyl carbamates (subject to hydrolysis) is 1. The average molecular weight is 493 g/mol. The third-order valence-electron chi connectivity index (χ3n) is 6.34. The van der Waals surface area contributed by atoms with Gasteiger partial charge in [0.2, 0.25) is 5.91 Å². The summed E-state index contributed by atoms with van der Waals surface area (Å²) in [5.41, 5.74) is 4.48. The van der Waals surface area contributed by atoms with Crippen LogP contribution in [0.1, 0.15) is 36.8 Å². The minimum Gasteiger partial charge on any atom is -0.481 e. The largest absolute Gasteiger partial charge is 0.481 e. The van der Waals surface area contributed by atoms with Crippen molar-refractivity contribution in [3.05, 3.63) is 59.7 Å². The fourth-order valence-electron chi connectivity index (χ4n) is 4.70. The topological polar surface area (TPSA) is 95.9 Å². The first-order valence-electron chi connectivity index (χ1n) is 11.6. The first kappa shape index (κ1) is 24.7. The van der Waals surface area contributed by atoms with E-state index in [1.807, 2.05) is 36.4 Å². The minimum absolute atomic E-state index is 0.0863. The van der Waals surface area contributed by atoms with Gasteiger partial charge in [0.25, 0.3) is 0 Å². The van der Waals surface area contributed by atoms with Gasteiger partial charge in [0.05, 0.1) is 12.5 Å². The van der Waals surface area contributed by atoms with Crippen LogP contribution in [0.25, 0.3) is 11.1 Å². The van der Waals surface area contributed by atoms with Crippen LogP contribution in [0.2, 0.25) is 0 Å². The van der Waals surface area contributed by atoms with E-state index in [1.54, 1.807) is 23.6 Å². The van der Waals surface area contributed by atoms with Crippen molar-refractivity contribution < 1.29 is 24.2 Å². The van der Waals surface area contributed by atoms with Crippen molar-refractivity contribution in [2.24, 2.45) is 0 Å². The molecule has 1 fully saturated rings. The Kier molecular flexibility index (Phi) is 7.98. The molecule has 2 atom stereocenters. The first-order valence-corrected chi connectivity index (χ1v) is 12.8. The third-order valence-corrected chi connectivity index (χ3v) is 7.43. The van der Waals surface area contributed by atoms with Gasteiger partial charge in [-0.25, -0.2) is 4.79 Å². The Morgan fingerprint density at radius 2 is 1.80 bits per heavy atom. The number of carboxylic acids is 1. The molecule has 2 aromatic carbocycles. The average Bonchev–Trinajstić information content (AvgIpc) is 3.18. The van der Waals surface area contributed by atoms with Gasteiger partial charge < -0.3 is 20.1 Å². The highest BCUT2D eigenvalue weighted by Crippen LogP contribution is 2.44. The number of nitrogens with one attached hydrogen (secondary N) is 1. The van der Waals surface area contributed by atoms with Crippen molar-refractivity contribution >= 4 is 29.7 Å². The Labute approximate surface area is 209 Å². The lowest BCUT2D eigenvalue weighted by Gasteiger charge is -2.36. The molecule has 0 radical (unpaired) electrons. The molecule has 7 nitrogen and oxygen atoms in total. The molecule has 0 spiro atoms. The number of fused-ring (bicyclic) bond motifs is 3. The number of aliphatic carboxylic acids is 1. The molecule has 2 N–H and O–H groups in total. The van der Waals surface area contributed by atoms with Crippen molar-refractivity contribution in [1.29, 1.82) is 0 Å². The van der Waals surface area contributed by atoms with Crippen LogP contribution in [0.5, 0.6) is 0 Å². The maximum atomic E-state index is 13.3. The summed E-state index contributed by atoms with van der Waals surface area (Å²) in [7, 11) is 0. The van der Waals surface area contributed by atoms with Crippen molar-refractivity contribution in [1.82, 2.24) is 10.2 Å². The molecule has 2 aliphatic rings. The zero-order chi connectivity index (χ0) is 24.8. The van der Waals surface area contributed by atoms with Gasteiger partial charge in [-0.2, -0.15) is 11.8 Å². The molecular formula is C27H28N2O5S. The second-order valence-electron chi connectivity index (χ2n) is 8.51. The van der Waals surface area contributed by atoms with Crippen molar-refractivity contribution in [2.75, 3.05) is 24.7 Å². The molecule has 182 valence electrons. The Morgan fingerprint density at radius 3 is 2.43 bits per heavy atom. The van der Waals surface area contributed by atoms with Crippen LogP contribution >= 0.6 is 11.8 Å². The van der Waals surface area contributed by atoms with E-state index >= 15 is 0 Å². The molecule has 0 aromatic heterocycles. The van der Waals surface area contributed by atoms with Gasteiger partial charge in [0.1, 0.15) is 12.6 Å². The van der Waals surface area contributed by atoms with Gasteiger partial charge >= 0.3 is 12.1 Å². The lowest BCUT2D eigenvalue weighted by atomic mass is 9.98. The van der Waals surface area contributed by atoms with Crippen molar-refractivity contribution in [2.45, 2.75) is 37.8 Å². The van der Waals surface area contributed by atoms with E-state index in [4.69, 9.17) is 4.74 Å². The molecule has 1 aliphatic heterocycles. The fraction of sp³-hybridized carbons (Fsp3) is 0.370. The summed E-state index contributed by atoms with van der Waals surface area (Å²) in [6.07, 6.45) is -0.692. The summed E-state index contributed by atoms with van der Waals surface area (Å²) < 4.78 is 5.61. The number of hydrogen-bond acceptors (Lipinski definition) is 5. The number of rotatable bonds is 7. The summed E-state index contributed by atoms with van der Waals surface area (Å²) in [4.78, 5) is 38.9. The predicted molar refractivity (Wildman–Crippen MR) is 135 cm³/mol. The monoisotopic (exact) mass is 492 g/mol. The summed E-state index contributed by atoms with van der Waals surface area (Å²) in [5, 5.41) is 11.9. The third kappa shape index (κ3) is 5.63. The first-order chi connectivity index (χ1) is 17.0. The minimum atomic E-state index is -0.954. The number of carbonyl (C=O) groups excluding carboxylic acids is 2. The lowest BCUT2D eigenvalue weighted by Crippen LogP contribution is -2.55. The number of hydrogen-bond donors (Lipinski definition) is 2. The zero-order valence-corrected chi connectivity index (χ0v) is 20.3. The van der Waals surface area contributed by atoms with Crippen LogP contribution in [0.3, 0.4) is 0 Å². The molecular weight excluding hydrogens is 464 g/mol. The normalized spacial score (nSPS) is 17.4. The molecule has 4 rings (SSSR count). The number of carboxylic acid groups (broad SMARTS) is 1. The van der Waals surface area contributed by atoms with Crippen LogP contribution < -0.4 is 5.32 Å². The molecule has 2 amide bonds. The molecule has 0 saturated carbocycles. The molecule has 1 heterocycles. The van der Waals surface area contributed by atoms with Crippen molar-refractivity contribution in [3.8, 4) is 23.0 Å². The summed E-state index contributed by atoms with van der Waals surface area (Å²) in [6.45, 7) is 2.24. The van der Waals surface area contributed by atoms with Crippen LogP contribution in [-0.2, 0) is 14.3 Å². The van der Waals surface area contributed by atoms with Crippen molar-refractivity contribution in [3.63, 3.8) is 0 Å². The van der Waals surface area contributed by atoms with Crippen LogP contribution in [0, 0.1) is 11.8 Å². The lowest BCUT2D eigenvalue weighted by molar-refractivity contribution is -0.141. The molecule has 1 aliphatic carbocycles. The zero-order valence-electron chi connectivity index (χ0n) is 19.5. The second-order valence-corrected chi connectivity index (χ2v) is 9.66. The Bertz CT molecular complexity index is 1130. The molecule has 35 heavy (non-hydrogen) atoms. The fourth-order valence-corrected chi connectivity index (χ4v) is 5.76. The molecule has 1 saturated heterocycles. The number of nitrogens with zero attached hydrogens (tertiary/aromatic N) is 1. The van der Waals surface area contributed by atoms with Gasteiger partial charge in [0, 0.05) is 30.4 Å². The summed E-state index contributed by atoms with van der Waals surface area (Å²) in [6, 6.07) is 14.8. The van der Waals surface area contributed by atoms with Crippen LogP contribution in [-0.4, -0.2) is 64.7 Å². The SMILES string of the molecule is CC#CCC(NC(=O)OCC1c2ccccc2-c2ccccc21)C(=O)N1CCSCC1CC(=O)O. The molecule has 2 aromatic rings. The number of amides is 2. The van der Waals surface area contributed by atoms with E-state index < -0.39 is 24.1 Å². The number of thioether (sulfide) groups is 1. The van der Waals surface area contributed by atoms with E-state index in [-0.39, 0.29) is 31.3 Å². The second kappa shape index (κ2) is 11.3. The Balaban J connectivity index is 1.44. The molecule has 0 bridgehead atoms. The van der Waals surface area contributed by atoms with E-state index in [9.17, 15) is 19.5 Å². The quantitative estimate of drug-likeness (QED) is 0.572. The molecule has 8 heteroatoms. The molecule has 2 unspecified atom stereocenters. The number of carbonyl (C=O) groups is 3. The number of benzene rings is 2. The highest BCUT2D eigenvalue weighted by Gasteiger charge is 2.34. The predicted octanol–water partition coefficient (Wildman–Crippen LogP) is 3.73. The Hall–Kier alpha value is -3.44. The highest BCUT2D eigenvalue weighted by atomic mass is 32.2. The van der Waals surface area contributed by atoms with E-state index in [0.717, 1.165) is 28.0 Å². The van der Waals surface area contributed by atoms with Gasteiger partial charge in [-0.15, -0.1) is 11.8 Å². The van der Waals surface area contributed by atoms with E-state index in [2.05, 4.69) is 29.3 Å². The Morgan fingerprint density at radius 1 is 1.14 bits per heavy atom. The van der Waals surface area contributed by atoms with E-state index in [1.165, 1.54) is 0 Å². The smallest absolute Gasteiger partial charge is 0.407 e. The van der Waals surface area contributed by atoms with Gasteiger partial charge in [-0.05, 0) is 29.2 Å². The highest BCUT2D eigenvalue weighted by molar-refractivity contribution is 7.99. The van der Waals surface area contributed by atoms with Gasteiger partial charge in [-0.1, -0.05) is 48.5 Å². The van der Waals surface area contributed by atoms with Crippen LogP contribution in [0.4, 0.5) is 4.79 Å². The van der Waals surface area contributed by atoms with E-state index in [0.29, 0.717) is 12.3 Å². The van der Waals surface area contributed by atoms with Gasteiger partial charge in [0.15, 0.2) is 0 Å². The maximum Gasteiger partial charge on any atom is 0.407 e.